The number of rotatable bonds is 7. The molecule has 0 fully saturated rings. The summed E-state index contributed by atoms with van der Waals surface area (Å²) in [7, 11) is 2.85. The maximum Gasteiger partial charge on any atom is 0.143 e. The van der Waals surface area contributed by atoms with E-state index >= 15 is 0 Å². The van der Waals surface area contributed by atoms with Gasteiger partial charge in [0.25, 0.3) is 0 Å². The molecule has 16 nitrogen and oxygen atoms in total. The minimum atomic E-state index is -0.288. The second kappa shape index (κ2) is 28.0. The molecule has 6 aromatic rings. The van der Waals surface area contributed by atoms with Crippen molar-refractivity contribution in [2.45, 2.75) is 0 Å². The van der Waals surface area contributed by atoms with Gasteiger partial charge in [0.15, 0.2) is 0 Å². The summed E-state index contributed by atoms with van der Waals surface area (Å²) in [6.07, 6.45) is 12.7. The first-order valence-electron chi connectivity index (χ1n) is 14.2. The van der Waals surface area contributed by atoms with Crippen LogP contribution in [0.4, 0.5) is 11.6 Å². The first kappa shape index (κ1) is 52.8. The average molecular weight is 897 g/mol. The van der Waals surface area contributed by atoms with E-state index in [1.165, 1.54) is 74.4 Å². The van der Waals surface area contributed by atoms with Crippen molar-refractivity contribution in [1.29, 1.82) is 0 Å². The number of hydrogen-bond acceptors (Lipinski definition) is 12. The van der Waals surface area contributed by atoms with Crippen LogP contribution in [0.3, 0.4) is 0 Å². The maximum absolute atomic E-state index is 11.8. The maximum atomic E-state index is 11.8. The van der Waals surface area contributed by atoms with Gasteiger partial charge in [0.2, 0.25) is 0 Å². The molecule has 0 bridgehead atoms. The largest absolute Gasteiger partial charge is 2.00 e. The summed E-state index contributed by atoms with van der Waals surface area (Å²) in [5, 5.41) is 46.3. The Bertz CT molecular complexity index is 1840. The minimum absolute atomic E-state index is 0. The van der Waals surface area contributed by atoms with Crippen LogP contribution in [0.5, 0.6) is 34.5 Å². The van der Waals surface area contributed by atoms with Crippen molar-refractivity contribution in [3.8, 4) is 45.6 Å². The van der Waals surface area contributed by atoms with Gasteiger partial charge in [-0.05, 0) is 70.8 Å². The molecule has 4 heterocycles. The van der Waals surface area contributed by atoms with Crippen LogP contribution in [0.2, 0.25) is 0 Å². The summed E-state index contributed by atoms with van der Waals surface area (Å²) in [4.78, 5) is 23.4. The SMILES string of the molecule is COc1cccc(/C=N/c2ncccc2[O-])c1[O-].COc1cccc(/C=N/c2ncccc2[O-])c1[O-].[Mo].[Mo].[O-2].[O-2].[O-2].[O-2].c1cc(-c2ccncc2)ccn1. The van der Waals surface area contributed by atoms with Gasteiger partial charge in [-0.1, -0.05) is 59.4 Å². The molecule has 0 amide bonds. The van der Waals surface area contributed by atoms with Crippen LogP contribution in [-0.2, 0) is 64.0 Å². The van der Waals surface area contributed by atoms with Gasteiger partial charge in [0, 0.05) is 91.7 Å². The zero-order chi connectivity index (χ0) is 34.1. The van der Waals surface area contributed by atoms with Gasteiger partial charge >= 0.3 is 0 Å². The molecule has 0 aliphatic heterocycles. The predicted molar refractivity (Wildman–Crippen MR) is 177 cm³/mol. The van der Waals surface area contributed by atoms with E-state index < -0.39 is 0 Å². The second-order valence-electron chi connectivity index (χ2n) is 9.40. The summed E-state index contributed by atoms with van der Waals surface area (Å²) in [5.74, 6) is -0.531. The number of ether oxygens (including phenoxy) is 2. The molecule has 0 aliphatic carbocycles. The molecule has 0 saturated heterocycles. The fraction of sp³-hybridized carbons (Fsp3) is 0.0556. The van der Waals surface area contributed by atoms with Crippen LogP contribution in [0.1, 0.15) is 11.1 Å². The summed E-state index contributed by atoms with van der Waals surface area (Å²) >= 11 is 0. The Kier molecular flexibility index (Phi) is 27.3. The Hall–Kier alpha value is -5.60. The number of para-hydroxylation sites is 2. The molecule has 0 radical (unpaired) electrons. The number of methoxy groups -OCH3 is 2. The quantitative estimate of drug-likeness (QED) is 0.165. The van der Waals surface area contributed by atoms with Crippen molar-refractivity contribution in [3.63, 3.8) is 0 Å². The molecule has 0 aliphatic rings. The summed E-state index contributed by atoms with van der Waals surface area (Å²) in [6, 6.07) is 23.4. The van der Waals surface area contributed by atoms with E-state index in [-0.39, 0.29) is 110 Å². The number of aromatic nitrogens is 4. The van der Waals surface area contributed by atoms with Crippen molar-refractivity contribution in [1.82, 2.24) is 19.9 Å². The molecule has 54 heavy (non-hydrogen) atoms. The van der Waals surface area contributed by atoms with E-state index in [2.05, 4.69) is 29.9 Å². The average Bonchev–Trinajstić information content (AvgIpc) is 3.13. The zero-order valence-electron chi connectivity index (χ0n) is 28.3. The molecular weight excluding hydrogens is 868 g/mol. The Labute approximate surface area is 339 Å². The Balaban J connectivity index is -0.000000696. The molecule has 0 atom stereocenters. The van der Waals surface area contributed by atoms with Gasteiger partial charge in [-0.2, -0.15) is 0 Å². The number of aliphatic imine (C=N–C) groups is 2. The van der Waals surface area contributed by atoms with Crippen molar-refractivity contribution in [2.75, 3.05) is 14.2 Å². The van der Waals surface area contributed by atoms with Crippen molar-refractivity contribution < 1.29 is 93.9 Å². The molecule has 4 aromatic heterocycles. The molecule has 18 heteroatoms. The molecule has 0 unspecified atom stereocenters. The smallest absolute Gasteiger partial charge is 0.143 e. The third kappa shape index (κ3) is 15.6. The molecule has 0 N–H and O–H groups in total. The second-order valence-corrected chi connectivity index (χ2v) is 9.40. The van der Waals surface area contributed by atoms with Crippen LogP contribution >= 0.6 is 0 Å². The van der Waals surface area contributed by atoms with Crippen LogP contribution in [0.25, 0.3) is 11.1 Å². The van der Waals surface area contributed by atoms with E-state index in [9.17, 15) is 20.4 Å². The normalized spacial score (nSPS) is 9.30. The van der Waals surface area contributed by atoms with Crippen LogP contribution in [0.15, 0.2) is 132 Å². The van der Waals surface area contributed by atoms with Gasteiger partial charge in [-0.3, -0.25) is 9.97 Å². The molecule has 0 saturated carbocycles. The van der Waals surface area contributed by atoms with E-state index in [1.807, 2.05) is 24.3 Å². The predicted octanol–water partition coefficient (Wildman–Crippen LogP) is 3.64. The number of benzene rings is 2. The van der Waals surface area contributed by atoms with Gasteiger partial charge in [-0.15, -0.1) is 0 Å². The third-order valence-electron chi connectivity index (χ3n) is 6.31. The first-order chi connectivity index (χ1) is 23.4. The van der Waals surface area contributed by atoms with Crippen molar-refractivity contribution in [2.24, 2.45) is 9.98 Å². The molecular formula is C36H28Mo2N6O10-12. The number of hydrogen-bond donors (Lipinski definition) is 0. The first-order valence-corrected chi connectivity index (χ1v) is 14.2. The van der Waals surface area contributed by atoms with E-state index in [0.29, 0.717) is 11.1 Å². The molecule has 6 rings (SSSR count). The third-order valence-corrected chi connectivity index (χ3v) is 6.31. The minimum Gasteiger partial charge on any atom is -2.00 e. The summed E-state index contributed by atoms with van der Waals surface area (Å²) in [5.41, 5.74) is 3.04. The summed E-state index contributed by atoms with van der Waals surface area (Å²) in [6.45, 7) is 0. The Morgan fingerprint density at radius 1 is 0.481 bits per heavy atom. The topological polar surface area (TPSA) is 301 Å². The Morgan fingerprint density at radius 3 is 1.15 bits per heavy atom. The van der Waals surface area contributed by atoms with Gasteiger partial charge < -0.3 is 51.8 Å². The fourth-order valence-electron chi connectivity index (χ4n) is 3.90. The van der Waals surface area contributed by atoms with Crippen molar-refractivity contribution >= 4 is 24.1 Å². The van der Waals surface area contributed by atoms with Crippen molar-refractivity contribution in [3.05, 3.63) is 133 Å². The molecule has 0 spiro atoms. The zero-order valence-corrected chi connectivity index (χ0v) is 32.3. The Morgan fingerprint density at radius 2 is 0.833 bits per heavy atom. The van der Waals surface area contributed by atoms with Gasteiger partial charge in [-0.25, -0.2) is 20.0 Å². The van der Waals surface area contributed by atoms with E-state index in [0.717, 1.165) is 0 Å². The molecule has 286 valence electrons. The van der Waals surface area contributed by atoms with Crippen LogP contribution in [-0.4, -0.2) is 46.6 Å². The van der Waals surface area contributed by atoms with E-state index in [4.69, 9.17) is 9.47 Å². The molecule has 2 aromatic carbocycles. The van der Waals surface area contributed by atoms with Gasteiger partial charge in [0.1, 0.15) is 23.1 Å². The van der Waals surface area contributed by atoms with E-state index in [1.54, 1.807) is 61.2 Å². The van der Waals surface area contributed by atoms with Crippen LogP contribution in [0, 0.1) is 0 Å². The number of nitrogens with zero attached hydrogens (tertiary/aromatic N) is 6. The van der Waals surface area contributed by atoms with Gasteiger partial charge in [0.05, 0.1) is 14.2 Å². The monoisotopic (exact) mass is 900 g/mol. The number of pyridine rings is 4. The summed E-state index contributed by atoms with van der Waals surface area (Å²) < 4.78 is 9.82. The van der Waals surface area contributed by atoms with Crippen LogP contribution < -0.4 is 29.9 Å². The standard InChI is InChI=1S/2C13H12N2O3.C10H8N2.2Mo.4O/c2*1-18-11-6-2-4-9(12(11)17)8-15-13-10(16)5-3-7-14-13;1-5-11-6-2-9(1)10-3-7-12-8-4-10;;;;;;/h2*2-8,16-17H,1H3;1-8H;;;;;;/q;;;;;4*-2/p-4/b2*15-8+;;;;;;;. The fourth-order valence-corrected chi connectivity index (χ4v) is 3.90.